The maximum atomic E-state index is 5.38. The zero-order valence-electron chi connectivity index (χ0n) is 4.68. The molecule has 0 amide bonds. The largest absolute Gasteiger partial charge is 0.397 e. The average molecular weight is 107 g/mol. The van der Waals surface area contributed by atoms with E-state index in [1.807, 2.05) is 13.0 Å². The van der Waals surface area contributed by atoms with E-state index in [1.165, 1.54) is 0 Å². The molecule has 0 fully saturated rings. The molecule has 1 heterocycles. The Balaban J connectivity index is 3.08. The monoisotopic (exact) mass is 107 g/mol. The number of hydrogen-bond donors (Lipinski definition) is 1. The lowest BCUT2D eigenvalue weighted by Crippen LogP contribution is -1.86. The van der Waals surface area contributed by atoms with E-state index < -0.39 is 0 Å². The van der Waals surface area contributed by atoms with E-state index in [4.69, 9.17) is 5.73 Å². The molecule has 0 atom stereocenters. The van der Waals surface area contributed by atoms with Crippen LogP contribution in [0.4, 0.5) is 5.69 Å². The van der Waals surface area contributed by atoms with Gasteiger partial charge in [-0.15, -0.1) is 0 Å². The SMILES string of the molecule is Cc1[c]ncc(N)c1. The highest BCUT2D eigenvalue weighted by Crippen LogP contribution is 1.99. The number of pyridine rings is 1. The van der Waals surface area contributed by atoms with Gasteiger partial charge in [0.15, 0.2) is 0 Å². The first-order valence-corrected chi connectivity index (χ1v) is 2.39. The molecule has 0 spiro atoms. The van der Waals surface area contributed by atoms with Gasteiger partial charge >= 0.3 is 0 Å². The number of anilines is 1. The number of rotatable bonds is 0. The van der Waals surface area contributed by atoms with Crippen molar-refractivity contribution in [2.75, 3.05) is 5.73 Å². The minimum Gasteiger partial charge on any atom is -0.397 e. The Kier molecular flexibility index (Phi) is 1.16. The van der Waals surface area contributed by atoms with Crippen LogP contribution in [0.5, 0.6) is 0 Å². The molecule has 1 aromatic heterocycles. The van der Waals surface area contributed by atoms with Gasteiger partial charge < -0.3 is 5.73 Å². The molecule has 0 aromatic carbocycles. The van der Waals surface area contributed by atoms with Gasteiger partial charge in [-0.05, 0) is 18.6 Å². The van der Waals surface area contributed by atoms with E-state index in [0.29, 0.717) is 5.69 Å². The predicted molar refractivity (Wildman–Crippen MR) is 32.2 cm³/mol. The smallest absolute Gasteiger partial charge is 0.0919 e. The van der Waals surface area contributed by atoms with E-state index in [-0.39, 0.29) is 0 Å². The van der Waals surface area contributed by atoms with Crippen molar-refractivity contribution in [2.24, 2.45) is 0 Å². The molecule has 41 valence electrons. The zero-order valence-corrected chi connectivity index (χ0v) is 4.68. The molecule has 0 saturated carbocycles. The fourth-order valence-electron chi connectivity index (χ4n) is 0.528. The highest BCUT2D eigenvalue weighted by atomic mass is 14.7. The molecule has 1 aromatic rings. The van der Waals surface area contributed by atoms with E-state index in [9.17, 15) is 0 Å². The van der Waals surface area contributed by atoms with Crippen molar-refractivity contribution in [1.29, 1.82) is 0 Å². The zero-order chi connectivity index (χ0) is 5.98. The Hall–Kier alpha value is -1.05. The number of hydrogen-bond acceptors (Lipinski definition) is 2. The van der Waals surface area contributed by atoms with Crippen LogP contribution >= 0.6 is 0 Å². The van der Waals surface area contributed by atoms with Gasteiger partial charge in [0.05, 0.1) is 18.1 Å². The first-order chi connectivity index (χ1) is 3.79. The molecule has 0 aliphatic carbocycles. The van der Waals surface area contributed by atoms with Gasteiger partial charge in [-0.1, -0.05) is 0 Å². The van der Waals surface area contributed by atoms with Crippen molar-refractivity contribution in [3.05, 3.63) is 24.0 Å². The summed E-state index contributed by atoms with van der Waals surface area (Å²) in [6.07, 6.45) is 4.32. The third kappa shape index (κ3) is 0.964. The van der Waals surface area contributed by atoms with E-state index in [0.717, 1.165) is 5.56 Å². The summed E-state index contributed by atoms with van der Waals surface area (Å²) in [7, 11) is 0. The second kappa shape index (κ2) is 1.82. The highest BCUT2D eigenvalue weighted by Gasteiger charge is 1.83. The molecular weight excluding hydrogens is 100 g/mol. The quantitative estimate of drug-likeness (QED) is 0.532. The van der Waals surface area contributed by atoms with Crippen LogP contribution in [-0.4, -0.2) is 4.98 Å². The van der Waals surface area contributed by atoms with Crippen LogP contribution in [0.3, 0.4) is 0 Å². The molecule has 1 rings (SSSR count). The molecule has 2 N–H and O–H groups in total. The van der Waals surface area contributed by atoms with Crippen LogP contribution < -0.4 is 5.73 Å². The maximum absolute atomic E-state index is 5.38. The third-order valence-electron chi connectivity index (χ3n) is 0.838. The highest BCUT2D eigenvalue weighted by molar-refractivity contribution is 5.35. The number of aromatic nitrogens is 1. The van der Waals surface area contributed by atoms with Crippen LogP contribution in [0, 0.1) is 13.1 Å². The summed E-state index contributed by atoms with van der Waals surface area (Å²) in [5, 5.41) is 0. The summed E-state index contributed by atoms with van der Waals surface area (Å²) in [6, 6.07) is 1.83. The first-order valence-electron chi connectivity index (χ1n) is 2.39. The van der Waals surface area contributed by atoms with Crippen molar-refractivity contribution in [1.82, 2.24) is 4.98 Å². The predicted octanol–water partition coefficient (Wildman–Crippen LogP) is 0.772. The molecule has 2 nitrogen and oxygen atoms in total. The molecule has 0 saturated heterocycles. The summed E-state index contributed by atoms with van der Waals surface area (Å²) in [6.45, 7) is 1.91. The van der Waals surface area contributed by atoms with Gasteiger partial charge in [0.2, 0.25) is 0 Å². The Morgan fingerprint density at radius 3 is 2.88 bits per heavy atom. The summed E-state index contributed by atoms with van der Waals surface area (Å²) < 4.78 is 0. The van der Waals surface area contributed by atoms with Crippen LogP contribution in [0.1, 0.15) is 5.56 Å². The number of aryl methyl sites for hydroxylation is 1. The second-order valence-electron chi connectivity index (χ2n) is 1.70. The fourth-order valence-corrected chi connectivity index (χ4v) is 0.528. The Morgan fingerprint density at radius 2 is 2.50 bits per heavy atom. The van der Waals surface area contributed by atoms with Gasteiger partial charge in [-0.3, -0.25) is 4.98 Å². The minimum absolute atomic E-state index is 0.696. The first kappa shape index (κ1) is 5.09. The van der Waals surface area contributed by atoms with E-state index in [2.05, 4.69) is 11.2 Å². The van der Waals surface area contributed by atoms with Crippen molar-refractivity contribution in [2.45, 2.75) is 6.92 Å². The Labute approximate surface area is 48.4 Å². The summed E-state index contributed by atoms with van der Waals surface area (Å²) in [5.74, 6) is 0. The number of nitrogens with two attached hydrogens (primary N) is 1. The molecule has 0 aliphatic rings. The van der Waals surface area contributed by atoms with Crippen LogP contribution in [-0.2, 0) is 0 Å². The normalized spacial score (nSPS) is 9.12. The summed E-state index contributed by atoms with van der Waals surface area (Å²) in [5.41, 5.74) is 7.05. The maximum Gasteiger partial charge on any atom is 0.0919 e. The fraction of sp³-hybridized carbons (Fsp3) is 0.167. The third-order valence-corrected chi connectivity index (χ3v) is 0.838. The van der Waals surface area contributed by atoms with Gasteiger partial charge in [-0.2, -0.15) is 0 Å². The number of nitrogen functional groups attached to an aromatic ring is 1. The van der Waals surface area contributed by atoms with Gasteiger partial charge in [0.25, 0.3) is 0 Å². The lowest BCUT2D eigenvalue weighted by molar-refractivity contribution is 1.26. The Bertz CT molecular complexity index is 166. The van der Waals surface area contributed by atoms with Crippen molar-refractivity contribution in [3.8, 4) is 0 Å². The molecule has 1 radical (unpaired) electrons. The van der Waals surface area contributed by atoms with Gasteiger partial charge in [0, 0.05) is 0 Å². The molecule has 8 heavy (non-hydrogen) atoms. The second-order valence-corrected chi connectivity index (χ2v) is 1.70. The van der Waals surface area contributed by atoms with Gasteiger partial charge in [-0.25, -0.2) is 0 Å². The molecular formula is C6H7N2. The average Bonchev–Trinajstić information content (AvgIpc) is 1.64. The molecule has 2 heteroatoms. The van der Waals surface area contributed by atoms with Crippen LogP contribution in [0.15, 0.2) is 12.3 Å². The molecule has 0 aliphatic heterocycles. The minimum atomic E-state index is 0.696. The standard InChI is InChI=1S/C6H7N2/c1-5-2-6(7)4-8-3-5/h2,4H,7H2,1H3. The van der Waals surface area contributed by atoms with Crippen molar-refractivity contribution >= 4 is 5.69 Å². The van der Waals surface area contributed by atoms with Crippen LogP contribution in [0.25, 0.3) is 0 Å². The van der Waals surface area contributed by atoms with Crippen molar-refractivity contribution < 1.29 is 0 Å². The van der Waals surface area contributed by atoms with Crippen molar-refractivity contribution in [3.63, 3.8) is 0 Å². The Morgan fingerprint density at radius 1 is 1.75 bits per heavy atom. The van der Waals surface area contributed by atoms with E-state index >= 15 is 0 Å². The summed E-state index contributed by atoms with van der Waals surface area (Å²) in [4.78, 5) is 3.73. The molecule has 0 unspecified atom stereocenters. The summed E-state index contributed by atoms with van der Waals surface area (Å²) >= 11 is 0. The molecule has 0 bridgehead atoms. The lowest BCUT2D eigenvalue weighted by atomic mass is 10.3. The van der Waals surface area contributed by atoms with E-state index in [1.54, 1.807) is 6.20 Å². The van der Waals surface area contributed by atoms with Crippen LogP contribution in [0.2, 0.25) is 0 Å². The topological polar surface area (TPSA) is 38.9 Å². The number of nitrogens with zero attached hydrogens (tertiary/aromatic N) is 1. The van der Waals surface area contributed by atoms with Gasteiger partial charge in [0.1, 0.15) is 0 Å². The lowest BCUT2D eigenvalue weighted by Gasteiger charge is -1.89.